The third kappa shape index (κ3) is 4.59. The largest absolute Gasteiger partial charge is 0.268 e. The molecule has 144 valence electrons. The topological polar surface area (TPSA) is 87.2 Å². The van der Waals surface area contributed by atoms with Gasteiger partial charge in [-0.3, -0.25) is 9.36 Å². The minimum Gasteiger partial charge on any atom is -0.268 e. The van der Waals surface area contributed by atoms with Crippen LogP contribution in [0.5, 0.6) is 0 Å². The molecule has 12 heteroatoms. The lowest BCUT2D eigenvalue weighted by Crippen LogP contribution is -1.95. The molecule has 0 saturated carbocycles. The van der Waals surface area contributed by atoms with Crippen molar-refractivity contribution in [3.63, 3.8) is 0 Å². The second-order valence-electron chi connectivity index (χ2n) is 5.42. The Morgan fingerprint density at radius 3 is 1.36 bits per heavy atom. The highest BCUT2D eigenvalue weighted by Gasteiger charge is 2.10. The van der Waals surface area contributed by atoms with E-state index in [9.17, 15) is 0 Å². The van der Waals surface area contributed by atoms with Crippen LogP contribution < -0.4 is 0 Å². The average molecular weight is 458 g/mol. The van der Waals surface area contributed by atoms with Crippen LogP contribution in [0.2, 0.25) is 20.6 Å². The van der Waals surface area contributed by atoms with Crippen LogP contribution in [0.25, 0.3) is 22.5 Å². The molecule has 0 atom stereocenters. The molecule has 0 unspecified atom stereocenters. The molecule has 0 aromatic carbocycles. The molecule has 0 radical (unpaired) electrons. The zero-order chi connectivity index (χ0) is 20.3. The van der Waals surface area contributed by atoms with E-state index in [-0.39, 0.29) is 0 Å². The summed E-state index contributed by atoms with van der Waals surface area (Å²) in [4.78, 5) is 0. The number of aromatic nitrogens is 8. The van der Waals surface area contributed by atoms with E-state index in [0.717, 1.165) is 22.5 Å². The maximum Gasteiger partial charge on any atom is 0.161 e. The Morgan fingerprint density at radius 2 is 1.04 bits per heavy atom. The molecule has 0 aliphatic carbocycles. The van der Waals surface area contributed by atoms with Gasteiger partial charge in [-0.05, 0) is 24.3 Å². The fraction of sp³-hybridized carbons (Fsp3) is 0.125. The summed E-state index contributed by atoms with van der Waals surface area (Å²) in [5, 5.41) is 24.0. The maximum atomic E-state index is 5.89. The number of nitrogens with zero attached hydrogens (tertiary/aromatic N) is 8. The summed E-state index contributed by atoms with van der Waals surface area (Å²) < 4.78 is 3.39. The van der Waals surface area contributed by atoms with Crippen LogP contribution in [-0.2, 0) is 14.1 Å². The summed E-state index contributed by atoms with van der Waals surface area (Å²) in [5.74, 6) is 0. The second-order valence-corrected chi connectivity index (χ2v) is 6.91. The van der Waals surface area contributed by atoms with E-state index in [0.29, 0.717) is 20.6 Å². The van der Waals surface area contributed by atoms with Crippen LogP contribution in [0.3, 0.4) is 0 Å². The van der Waals surface area contributed by atoms with Gasteiger partial charge in [0, 0.05) is 37.6 Å². The van der Waals surface area contributed by atoms with E-state index in [1.165, 1.54) is 0 Å². The molecule has 4 rings (SSSR count). The number of hydrogen-bond acceptors (Lipinski definition) is 6. The van der Waals surface area contributed by atoms with Crippen LogP contribution in [0.4, 0.5) is 0 Å². The lowest BCUT2D eigenvalue weighted by molar-refractivity contribution is 0.775. The van der Waals surface area contributed by atoms with Crippen molar-refractivity contribution >= 4 is 46.4 Å². The van der Waals surface area contributed by atoms with Gasteiger partial charge in [-0.15, -0.1) is 20.4 Å². The molecule has 4 aromatic heterocycles. The van der Waals surface area contributed by atoms with E-state index in [1.807, 2.05) is 26.2 Å². The van der Waals surface area contributed by atoms with Crippen molar-refractivity contribution in [2.24, 2.45) is 14.1 Å². The molecule has 0 saturated heterocycles. The predicted octanol–water partition coefficient (Wildman–Crippen LogP) is 4.37. The van der Waals surface area contributed by atoms with Gasteiger partial charge in [0.1, 0.15) is 0 Å². The highest BCUT2D eigenvalue weighted by molar-refractivity contribution is 6.34. The van der Waals surface area contributed by atoms with Crippen molar-refractivity contribution in [2.75, 3.05) is 0 Å². The smallest absolute Gasteiger partial charge is 0.161 e. The molecule has 0 aliphatic rings. The number of aryl methyl sites for hydroxylation is 2. The SMILES string of the molecule is Cn1nccc1-c1cc(Cl)nnc1Cl.Cn1nccc1-c1cc(Cl)nnc1Cl. The number of rotatable bonds is 2. The van der Waals surface area contributed by atoms with Crippen LogP contribution in [0.1, 0.15) is 0 Å². The quantitative estimate of drug-likeness (QED) is 0.444. The monoisotopic (exact) mass is 456 g/mol. The van der Waals surface area contributed by atoms with E-state index in [1.54, 1.807) is 33.9 Å². The molecule has 0 spiro atoms. The van der Waals surface area contributed by atoms with Crippen molar-refractivity contribution in [1.29, 1.82) is 0 Å². The van der Waals surface area contributed by atoms with Crippen molar-refractivity contribution < 1.29 is 0 Å². The first-order valence-electron chi connectivity index (χ1n) is 7.71. The van der Waals surface area contributed by atoms with Crippen molar-refractivity contribution in [3.05, 3.63) is 57.3 Å². The number of halogens is 4. The second kappa shape index (κ2) is 8.83. The van der Waals surface area contributed by atoms with E-state index in [2.05, 4.69) is 30.6 Å². The first-order valence-corrected chi connectivity index (χ1v) is 9.22. The third-order valence-electron chi connectivity index (χ3n) is 3.63. The molecule has 4 heterocycles. The Bertz CT molecular complexity index is 1020. The van der Waals surface area contributed by atoms with Crippen LogP contribution in [0, 0.1) is 0 Å². The fourth-order valence-corrected chi connectivity index (χ4v) is 3.01. The lowest BCUT2D eigenvalue weighted by atomic mass is 10.2. The Morgan fingerprint density at radius 1 is 0.643 bits per heavy atom. The summed E-state index contributed by atoms with van der Waals surface area (Å²) in [6.45, 7) is 0. The Hall–Kier alpha value is -2.26. The van der Waals surface area contributed by atoms with Gasteiger partial charge in [0.15, 0.2) is 20.6 Å². The normalized spacial score (nSPS) is 10.5. The van der Waals surface area contributed by atoms with Gasteiger partial charge in [-0.25, -0.2) is 0 Å². The van der Waals surface area contributed by atoms with Gasteiger partial charge in [-0.1, -0.05) is 46.4 Å². The first-order chi connectivity index (χ1) is 13.4. The van der Waals surface area contributed by atoms with E-state index >= 15 is 0 Å². The predicted molar refractivity (Wildman–Crippen MR) is 109 cm³/mol. The molecule has 0 aliphatic heterocycles. The van der Waals surface area contributed by atoms with E-state index < -0.39 is 0 Å². The zero-order valence-electron chi connectivity index (χ0n) is 14.6. The molecule has 0 amide bonds. The summed E-state index contributed by atoms with van der Waals surface area (Å²) in [6, 6.07) is 6.99. The average Bonchev–Trinajstić information content (AvgIpc) is 3.28. The Labute approximate surface area is 180 Å². The van der Waals surface area contributed by atoms with Crippen molar-refractivity contribution in [1.82, 2.24) is 40.0 Å². The molecule has 4 aromatic rings. The minimum atomic E-state index is 0.311. The van der Waals surface area contributed by atoms with Gasteiger partial charge in [-0.2, -0.15) is 10.2 Å². The zero-order valence-corrected chi connectivity index (χ0v) is 17.6. The van der Waals surface area contributed by atoms with Crippen molar-refractivity contribution in [2.45, 2.75) is 0 Å². The fourth-order valence-electron chi connectivity index (χ4n) is 2.34. The third-order valence-corrected chi connectivity index (χ3v) is 4.56. The van der Waals surface area contributed by atoms with Crippen LogP contribution in [-0.4, -0.2) is 40.0 Å². The Balaban J connectivity index is 0.000000161. The first kappa shape index (κ1) is 20.5. The number of hydrogen-bond donors (Lipinski definition) is 0. The van der Waals surface area contributed by atoms with Crippen molar-refractivity contribution in [3.8, 4) is 22.5 Å². The molecule has 8 nitrogen and oxygen atoms in total. The van der Waals surface area contributed by atoms with Crippen LogP contribution >= 0.6 is 46.4 Å². The summed E-state index contributed by atoms with van der Waals surface area (Å²) in [7, 11) is 3.64. The summed E-state index contributed by atoms with van der Waals surface area (Å²) >= 11 is 23.2. The summed E-state index contributed by atoms with van der Waals surface area (Å²) in [5.41, 5.74) is 3.16. The minimum absolute atomic E-state index is 0.311. The molecule has 28 heavy (non-hydrogen) atoms. The van der Waals surface area contributed by atoms with Gasteiger partial charge in [0.2, 0.25) is 0 Å². The van der Waals surface area contributed by atoms with Gasteiger partial charge in [0.05, 0.1) is 11.4 Å². The molecular formula is C16H12Cl4N8. The Kier molecular flexibility index (Phi) is 6.46. The van der Waals surface area contributed by atoms with Gasteiger partial charge >= 0.3 is 0 Å². The molecular weight excluding hydrogens is 446 g/mol. The standard InChI is InChI=1S/2C8H6Cl2N4/c2*1-14-6(2-3-11-14)5-4-7(9)12-13-8(5)10/h2*2-4H,1H3. The van der Waals surface area contributed by atoms with Gasteiger partial charge < -0.3 is 0 Å². The highest BCUT2D eigenvalue weighted by Crippen LogP contribution is 2.27. The molecule has 0 bridgehead atoms. The van der Waals surface area contributed by atoms with Gasteiger partial charge in [0.25, 0.3) is 0 Å². The maximum absolute atomic E-state index is 5.89. The van der Waals surface area contributed by atoms with E-state index in [4.69, 9.17) is 46.4 Å². The molecule has 0 N–H and O–H groups in total. The highest BCUT2D eigenvalue weighted by atomic mass is 35.5. The molecule has 0 fully saturated rings. The summed E-state index contributed by atoms with van der Waals surface area (Å²) in [6.07, 6.45) is 3.36. The lowest BCUT2D eigenvalue weighted by Gasteiger charge is -2.02. The van der Waals surface area contributed by atoms with Crippen LogP contribution in [0.15, 0.2) is 36.7 Å².